The van der Waals surface area contributed by atoms with Crippen molar-refractivity contribution in [3.8, 4) is 0 Å². The fourth-order valence-corrected chi connectivity index (χ4v) is 2.34. The van der Waals surface area contributed by atoms with Gasteiger partial charge in [-0.2, -0.15) is 0 Å². The minimum Gasteiger partial charge on any atom is -0.481 e. The Balaban J connectivity index is 2.40. The summed E-state index contributed by atoms with van der Waals surface area (Å²) >= 11 is 0. The molecule has 20 heavy (non-hydrogen) atoms. The van der Waals surface area contributed by atoms with E-state index in [0.717, 1.165) is 6.42 Å². The van der Waals surface area contributed by atoms with Crippen LogP contribution in [0.1, 0.15) is 32.6 Å². The number of carboxylic acids is 1. The van der Waals surface area contributed by atoms with E-state index >= 15 is 0 Å². The molecule has 0 aromatic carbocycles. The molecule has 0 radical (unpaired) electrons. The number of alkyl halides is 2. The Labute approximate surface area is 117 Å². The van der Waals surface area contributed by atoms with Gasteiger partial charge in [-0.3, -0.25) is 4.79 Å². The van der Waals surface area contributed by atoms with Crippen LogP contribution in [0.15, 0.2) is 0 Å². The lowest BCUT2D eigenvalue weighted by Crippen LogP contribution is -2.46. The number of hydrogen-bond acceptors (Lipinski definition) is 2. The van der Waals surface area contributed by atoms with Crippen molar-refractivity contribution in [3.05, 3.63) is 0 Å². The van der Waals surface area contributed by atoms with Crippen molar-refractivity contribution in [3.63, 3.8) is 0 Å². The van der Waals surface area contributed by atoms with Gasteiger partial charge in [-0.05, 0) is 12.8 Å². The maximum Gasteiger partial charge on any atom is 0.317 e. The first-order chi connectivity index (χ1) is 9.24. The molecule has 1 aliphatic carbocycles. The number of halogens is 2. The smallest absolute Gasteiger partial charge is 0.317 e. The Kier molecular flexibility index (Phi) is 5.71. The first kappa shape index (κ1) is 16.7. The highest BCUT2D eigenvalue weighted by Crippen LogP contribution is 2.37. The van der Waals surface area contributed by atoms with E-state index in [2.05, 4.69) is 5.32 Å². The van der Waals surface area contributed by atoms with Crippen molar-refractivity contribution in [2.24, 2.45) is 11.8 Å². The average molecular weight is 292 g/mol. The fraction of sp³-hybridized carbons (Fsp3) is 0.846. The minimum absolute atomic E-state index is 0.0439. The van der Waals surface area contributed by atoms with Crippen LogP contribution < -0.4 is 5.32 Å². The lowest BCUT2D eigenvalue weighted by Gasteiger charge is -2.32. The Hall–Kier alpha value is -1.40. The van der Waals surface area contributed by atoms with Crippen LogP contribution in [0.5, 0.6) is 0 Å². The highest BCUT2D eigenvalue weighted by Gasteiger charge is 2.41. The first-order valence-corrected chi connectivity index (χ1v) is 6.83. The van der Waals surface area contributed by atoms with Crippen LogP contribution in [0.3, 0.4) is 0 Å². The van der Waals surface area contributed by atoms with E-state index in [1.165, 1.54) is 18.9 Å². The average Bonchev–Trinajstić information content (AvgIpc) is 2.36. The zero-order valence-electron chi connectivity index (χ0n) is 11.9. The third-order valence-electron chi connectivity index (χ3n) is 3.73. The first-order valence-electron chi connectivity index (χ1n) is 6.83. The molecule has 1 fully saturated rings. The Bertz CT molecular complexity index is 364. The number of rotatable bonds is 5. The summed E-state index contributed by atoms with van der Waals surface area (Å²) in [6.07, 6.45) is 1.55. The topological polar surface area (TPSA) is 69.6 Å². The number of nitrogens with zero attached hydrogens (tertiary/aromatic N) is 1. The number of carboxylic acid groups (broad SMARTS) is 1. The third-order valence-corrected chi connectivity index (χ3v) is 3.73. The van der Waals surface area contributed by atoms with Crippen molar-refractivity contribution in [2.45, 2.75) is 38.5 Å². The molecule has 0 heterocycles. The van der Waals surface area contributed by atoms with Crippen LogP contribution in [0.4, 0.5) is 13.6 Å². The highest BCUT2D eigenvalue weighted by molar-refractivity contribution is 5.75. The molecule has 7 heteroatoms. The molecule has 0 aromatic heterocycles. The van der Waals surface area contributed by atoms with Gasteiger partial charge in [0.1, 0.15) is 0 Å². The van der Waals surface area contributed by atoms with Gasteiger partial charge in [0.2, 0.25) is 0 Å². The van der Waals surface area contributed by atoms with Crippen LogP contribution >= 0.6 is 0 Å². The number of urea groups is 1. The zero-order valence-corrected chi connectivity index (χ0v) is 11.9. The van der Waals surface area contributed by atoms with Gasteiger partial charge in [0.25, 0.3) is 5.92 Å². The molecule has 1 rings (SSSR count). The van der Waals surface area contributed by atoms with E-state index in [0.29, 0.717) is 12.8 Å². The summed E-state index contributed by atoms with van der Waals surface area (Å²) in [4.78, 5) is 23.6. The van der Waals surface area contributed by atoms with Crippen molar-refractivity contribution in [1.82, 2.24) is 10.2 Å². The summed E-state index contributed by atoms with van der Waals surface area (Å²) < 4.78 is 27.2. The molecular weight excluding hydrogens is 270 g/mol. The van der Waals surface area contributed by atoms with E-state index < -0.39 is 29.8 Å². The number of carbonyl (C=O) groups is 2. The molecule has 116 valence electrons. The van der Waals surface area contributed by atoms with Gasteiger partial charge in [0, 0.05) is 32.5 Å². The van der Waals surface area contributed by atoms with Crippen LogP contribution in [0.25, 0.3) is 0 Å². The van der Waals surface area contributed by atoms with Gasteiger partial charge in [0.15, 0.2) is 0 Å². The van der Waals surface area contributed by atoms with Crippen molar-refractivity contribution in [2.75, 3.05) is 20.1 Å². The number of hydrogen-bond donors (Lipinski definition) is 2. The summed E-state index contributed by atoms with van der Waals surface area (Å²) in [6.45, 7) is 1.46. The monoisotopic (exact) mass is 292 g/mol. The number of aliphatic carboxylic acids is 1. The quantitative estimate of drug-likeness (QED) is 0.816. The number of amides is 2. The van der Waals surface area contributed by atoms with Gasteiger partial charge >= 0.3 is 12.0 Å². The Morgan fingerprint density at radius 3 is 2.65 bits per heavy atom. The zero-order chi connectivity index (χ0) is 15.3. The molecular formula is C13H22F2N2O3. The number of carbonyl (C=O) groups excluding carboxylic acids is 1. The van der Waals surface area contributed by atoms with Crippen LogP contribution in [-0.2, 0) is 4.79 Å². The Morgan fingerprint density at radius 1 is 1.45 bits per heavy atom. The van der Waals surface area contributed by atoms with E-state index in [1.54, 1.807) is 0 Å². The van der Waals surface area contributed by atoms with Crippen LogP contribution in [0.2, 0.25) is 0 Å². The number of nitrogens with one attached hydrogen (secondary N) is 1. The molecule has 2 atom stereocenters. The minimum atomic E-state index is -2.72. The van der Waals surface area contributed by atoms with E-state index in [9.17, 15) is 18.4 Å². The summed E-state index contributed by atoms with van der Waals surface area (Å²) in [5.74, 6) is -5.24. The lowest BCUT2D eigenvalue weighted by atomic mass is 9.85. The van der Waals surface area contributed by atoms with Crippen molar-refractivity contribution in [1.29, 1.82) is 0 Å². The third kappa shape index (κ3) is 4.61. The van der Waals surface area contributed by atoms with Gasteiger partial charge in [-0.25, -0.2) is 13.6 Å². The molecule has 0 aromatic rings. The second-order valence-electron chi connectivity index (χ2n) is 5.51. The maximum atomic E-state index is 13.6. The van der Waals surface area contributed by atoms with E-state index in [1.807, 2.05) is 0 Å². The van der Waals surface area contributed by atoms with Gasteiger partial charge in [-0.1, -0.05) is 13.3 Å². The molecule has 0 spiro atoms. The molecule has 2 amide bonds. The molecule has 0 aliphatic heterocycles. The molecule has 0 bridgehead atoms. The molecule has 1 aliphatic rings. The Morgan fingerprint density at radius 2 is 2.10 bits per heavy atom. The van der Waals surface area contributed by atoms with Gasteiger partial charge < -0.3 is 15.3 Å². The molecule has 0 saturated heterocycles. The second-order valence-corrected chi connectivity index (χ2v) is 5.51. The summed E-state index contributed by atoms with van der Waals surface area (Å²) in [5, 5.41) is 11.2. The molecule has 1 saturated carbocycles. The van der Waals surface area contributed by atoms with Crippen LogP contribution in [-0.4, -0.2) is 48.1 Å². The van der Waals surface area contributed by atoms with E-state index in [4.69, 9.17) is 5.11 Å². The van der Waals surface area contributed by atoms with Crippen molar-refractivity contribution < 1.29 is 23.5 Å². The fourth-order valence-electron chi connectivity index (χ4n) is 2.34. The predicted molar refractivity (Wildman–Crippen MR) is 69.7 cm³/mol. The lowest BCUT2D eigenvalue weighted by molar-refractivity contribution is -0.141. The van der Waals surface area contributed by atoms with Crippen LogP contribution in [0, 0.1) is 11.8 Å². The second kappa shape index (κ2) is 6.85. The summed E-state index contributed by atoms with van der Waals surface area (Å²) in [7, 11) is 1.45. The summed E-state index contributed by atoms with van der Waals surface area (Å²) in [6, 6.07) is -0.514. The predicted octanol–water partition coefficient (Wildman–Crippen LogP) is 2.17. The molecule has 2 unspecified atom stereocenters. The van der Waals surface area contributed by atoms with Crippen molar-refractivity contribution >= 4 is 12.0 Å². The van der Waals surface area contributed by atoms with Gasteiger partial charge in [0.05, 0.1) is 5.92 Å². The normalized spacial score (nSPS) is 22.9. The molecule has 5 nitrogen and oxygen atoms in total. The summed E-state index contributed by atoms with van der Waals surface area (Å²) in [5.41, 5.74) is 0. The highest BCUT2D eigenvalue weighted by atomic mass is 19.3. The van der Waals surface area contributed by atoms with Gasteiger partial charge in [-0.15, -0.1) is 0 Å². The molecule has 2 N–H and O–H groups in total. The SMILES string of the molecule is CC(CN(C)C(=O)NCC1CCCCC1(F)F)C(=O)O. The standard InChI is InChI=1S/C13H22F2N2O3/c1-9(11(18)19)8-17(2)12(20)16-7-10-5-3-4-6-13(10,14)15/h9-10H,3-8H2,1-2H3,(H,16,20)(H,18,19). The largest absolute Gasteiger partial charge is 0.481 e. The van der Waals surface area contributed by atoms with E-state index in [-0.39, 0.29) is 19.5 Å². The maximum absolute atomic E-state index is 13.6.